The van der Waals surface area contributed by atoms with Crippen molar-refractivity contribution < 1.29 is 9.53 Å². The standard InChI is InChI=1S/C16H16O2/c1-13-7-5-6-8-14(13)11-12-18-16(17)15-9-3-2-4-10-15/h2-10H,11-12H2,1H3. The minimum absolute atomic E-state index is 0.260. The summed E-state index contributed by atoms with van der Waals surface area (Å²) in [6.45, 7) is 2.48. The van der Waals surface area contributed by atoms with Crippen LogP contribution in [-0.2, 0) is 11.2 Å². The number of hydrogen-bond acceptors (Lipinski definition) is 2. The Hall–Kier alpha value is -2.09. The molecule has 0 amide bonds. The molecule has 0 heterocycles. The van der Waals surface area contributed by atoms with Crippen LogP contribution >= 0.6 is 0 Å². The van der Waals surface area contributed by atoms with Gasteiger partial charge in [0.05, 0.1) is 12.2 Å². The highest BCUT2D eigenvalue weighted by atomic mass is 16.5. The van der Waals surface area contributed by atoms with Crippen molar-refractivity contribution in [3.8, 4) is 0 Å². The number of benzene rings is 2. The van der Waals surface area contributed by atoms with E-state index < -0.39 is 0 Å². The molecule has 0 atom stereocenters. The van der Waals surface area contributed by atoms with Crippen molar-refractivity contribution in [1.82, 2.24) is 0 Å². The highest BCUT2D eigenvalue weighted by Gasteiger charge is 2.05. The van der Waals surface area contributed by atoms with E-state index in [1.165, 1.54) is 11.1 Å². The van der Waals surface area contributed by atoms with Gasteiger partial charge in [0.2, 0.25) is 0 Å². The van der Waals surface area contributed by atoms with E-state index in [1.807, 2.05) is 30.3 Å². The molecule has 0 spiro atoms. The second-order valence-electron chi connectivity index (χ2n) is 4.18. The van der Waals surface area contributed by atoms with Crippen LogP contribution in [0.3, 0.4) is 0 Å². The smallest absolute Gasteiger partial charge is 0.338 e. The summed E-state index contributed by atoms with van der Waals surface area (Å²) in [7, 11) is 0. The molecule has 2 aromatic carbocycles. The van der Waals surface area contributed by atoms with E-state index in [1.54, 1.807) is 12.1 Å². The Morgan fingerprint density at radius 2 is 1.67 bits per heavy atom. The third kappa shape index (κ3) is 3.20. The van der Waals surface area contributed by atoms with Gasteiger partial charge in [-0.3, -0.25) is 0 Å². The SMILES string of the molecule is Cc1ccccc1CCOC(=O)c1ccccc1. The molecule has 0 saturated carbocycles. The van der Waals surface area contributed by atoms with Gasteiger partial charge in [0.15, 0.2) is 0 Å². The van der Waals surface area contributed by atoms with Crippen molar-refractivity contribution in [3.05, 3.63) is 71.3 Å². The van der Waals surface area contributed by atoms with E-state index in [0.29, 0.717) is 12.2 Å². The van der Waals surface area contributed by atoms with E-state index in [2.05, 4.69) is 19.1 Å². The molecular formula is C16H16O2. The number of esters is 1. The first-order valence-electron chi connectivity index (χ1n) is 6.04. The van der Waals surface area contributed by atoms with Gasteiger partial charge in [0, 0.05) is 6.42 Å². The maximum Gasteiger partial charge on any atom is 0.338 e. The average molecular weight is 240 g/mol. The van der Waals surface area contributed by atoms with Crippen molar-refractivity contribution in [1.29, 1.82) is 0 Å². The quantitative estimate of drug-likeness (QED) is 0.766. The molecule has 2 heteroatoms. The zero-order chi connectivity index (χ0) is 12.8. The number of aryl methyl sites for hydroxylation is 1. The predicted octanol–water partition coefficient (Wildman–Crippen LogP) is 3.39. The summed E-state index contributed by atoms with van der Waals surface area (Å²) in [5.74, 6) is -0.260. The zero-order valence-electron chi connectivity index (χ0n) is 10.4. The lowest BCUT2D eigenvalue weighted by atomic mass is 10.1. The number of rotatable bonds is 4. The number of carbonyl (C=O) groups is 1. The third-order valence-corrected chi connectivity index (χ3v) is 2.88. The second kappa shape index (κ2) is 6.01. The molecule has 0 aliphatic carbocycles. The molecule has 0 N–H and O–H groups in total. The first-order valence-corrected chi connectivity index (χ1v) is 6.04. The first-order chi connectivity index (χ1) is 8.77. The molecule has 0 radical (unpaired) electrons. The maximum absolute atomic E-state index is 11.7. The molecular weight excluding hydrogens is 224 g/mol. The maximum atomic E-state index is 11.7. The van der Waals surface area contributed by atoms with Crippen LogP contribution in [0.15, 0.2) is 54.6 Å². The molecule has 2 nitrogen and oxygen atoms in total. The van der Waals surface area contributed by atoms with E-state index in [-0.39, 0.29) is 5.97 Å². The first kappa shape index (κ1) is 12.4. The largest absolute Gasteiger partial charge is 0.462 e. The number of carbonyl (C=O) groups excluding carboxylic acids is 1. The van der Waals surface area contributed by atoms with Crippen molar-refractivity contribution in [2.45, 2.75) is 13.3 Å². The van der Waals surface area contributed by atoms with E-state index in [4.69, 9.17) is 4.74 Å². The van der Waals surface area contributed by atoms with Gasteiger partial charge in [0.25, 0.3) is 0 Å². The average Bonchev–Trinajstić information content (AvgIpc) is 2.42. The fraction of sp³-hybridized carbons (Fsp3) is 0.188. The summed E-state index contributed by atoms with van der Waals surface area (Å²) in [5, 5.41) is 0. The monoisotopic (exact) mass is 240 g/mol. The Bertz CT molecular complexity index is 518. The molecule has 0 aromatic heterocycles. The Kier molecular flexibility index (Phi) is 4.13. The van der Waals surface area contributed by atoms with Gasteiger partial charge in [-0.15, -0.1) is 0 Å². The Labute approximate surface area is 107 Å². The lowest BCUT2D eigenvalue weighted by Crippen LogP contribution is -2.08. The Morgan fingerprint density at radius 3 is 2.39 bits per heavy atom. The van der Waals surface area contributed by atoms with Gasteiger partial charge >= 0.3 is 5.97 Å². The lowest BCUT2D eigenvalue weighted by molar-refractivity contribution is 0.0509. The Morgan fingerprint density at radius 1 is 1.00 bits per heavy atom. The van der Waals surface area contributed by atoms with Crippen LogP contribution in [0.1, 0.15) is 21.5 Å². The minimum atomic E-state index is -0.260. The topological polar surface area (TPSA) is 26.3 Å². The number of ether oxygens (including phenoxy) is 1. The van der Waals surface area contributed by atoms with Gasteiger partial charge in [-0.1, -0.05) is 42.5 Å². The van der Waals surface area contributed by atoms with E-state index in [0.717, 1.165) is 6.42 Å². The summed E-state index contributed by atoms with van der Waals surface area (Å²) < 4.78 is 5.25. The molecule has 0 fully saturated rings. The van der Waals surface area contributed by atoms with Crippen molar-refractivity contribution in [2.24, 2.45) is 0 Å². The molecule has 2 aromatic rings. The van der Waals surface area contributed by atoms with Crippen LogP contribution in [-0.4, -0.2) is 12.6 Å². The van der Waals surface area contributed by atoms with Gasteiger partial charge in [0.1, 0.15) is 0 Å². The second-order valence-corrected chi connectivity index (χ2v) is 4.18. The van der Waals surface area contributed by atoms with Gasteiger partial charge < -0.3 is 4.74 Å². The van der Waals surface area contributed by atoms with Crippen LogP contribution in [0.2, 0.25) is 0 Å². The van der Waals surface area contributed by atoms with Crippen LogP contribution in [0.5, 0.6) is 0 Å². The van der Waals surface area contributed by atoms with E-state index >= 15 is 0 Å². The van der Waals surface area contributed by atoms with Gasteiger partial charge in [-0.05, 0) is 30.2 Å². The molecule has 0 saturated heterocycles. The lowest BCUT2D eigenvalue weighted by Gasteiger charge is -2.07. The van der Waals surface area contributed by atoms with Crippen LogP contribution in [0.25, 0.3) is 0 Å². The predicted molar refractivity (Wildman–Crippen MR) is 71.6 cm³/mol. The summed E-state index contributed by atoms with van der Waals surface area (Å²) >= 11 is 0. The summed E-state index contributed by atoms with van der Waals surface area (Å²) in [4.78, 5) is 11.7. The summed E-state index contributed by atoms with van der Waals surface area (Å²) in [6, 6.07) is 17.2. The molecule has 0 unspecified atom stereocenters. The van der Waals surface area contributed by atoms with Crippen molar-refractivity contribution in [2.75, 3.05) is 6.61 Å². The highest BCUT2D eigenvalue weighted by molar-refractivity contribution is 5.89. The normalized spacial score (nSPS) is 10.1. The van der Waals surface area contributed by atoms with Gasteiger partial charge in [-0.25, -0.2) is 4.79 Å². The number of hydrogen-bond donors (Lipinski definition) is 0. The minimum Gasteiger partial charge on any atom is -0.462 e. The van der Waals surface area contributed by atoms with Crippen molar-refractivity contribution >= 4 is 5.97 Å². The van der Waals surface area contributed by atoms with Crippen LogP contribution < -0.4 is 0 Å². The molecule has 18 heavy (non-hydrogen) atoms. The highest BCUT2D eigenvalue weighted by Crippen LogP contribution is 2.08. The van der Waals surface area contributed by atoms with Crippen LogP contribution in [0.4, 0.5) is 0 Å². The fourth-order valence-corrected chi connectivity index (χ4v) is 1.80. The van der Waals surface area contributed by atoms with Crippen molar-refractivity contribution in [3.63, 3.8) is 0 Å². The fourth-order valence-electron chi connectivity index (χ4n) is 1.80. The van der Waals surface area contributed by atoms with E-state index in [9.17, 15) is 4.79 Å². The molecule has 0 bridgehead atoms. The Balaban J connectivity index is 1.86. The molecule has 92 valence electrons. The van der Waals surface area contributed by atoms with Gasteiger partial charge in [-0.2, -0.15) is 0 Å². The summed E-state index contributed by atoms with van der Waals surface area (Å²) in [6.07, 6.45) is 0.755. The molecule has 0 aliphatic heterocycles. The third-order valence-electron chi connectivity index (χ3n) is 2.88. The summed E-state index contributed by atoms with van der Waals surface area (Å²) in [5.41, 5.74) is 3.05. The molecule has 0 aliphatic rings. The zero-order valence-corrected chi connectivity index (χ0v) is 10.4. The van der Waals surface area contributed by atoms with Crippen LogP contribution in [0, 0.1) is 6.92 Å². The molecule has 2 rings (SSSR count).